The van der Waals surface area contributed by atoms with Crippen LogP contribution in [0, 0.1) is 0 Å². The van der Waals surface area contributed by atoms with Gasteiger partial charge in [0.05, 0.1) is 24.6 Å². The number of amides is 2. The summed E-state index contributed by atoms with van der Waals surface area (Å²) in [5.74, 6) is 1.58. The molecule has 0 aliphatic rings. The Kier molecular flexibility index (Phi) is 7.65. The summed E-state index contributed by atoms with van der Waals surface area (Å²) in [5.41, 5.74) is 2.72. The van der Waals surface area contributed by atoms with E-state index in [1.165, 1.54) is 0 Å². The van der Waals surface area contributed by atoms with Gasteiger partial charge >= 0.3 is 0 Å². The predicted molar refractivity (Wildman–Crippen MR) is 121 cm³/mol. The molecule has 0 fully saturated rings. The third-order valence-electron chi connectivity index (χ3n) is 5.34. The molecule has 0 spiro atoms. The highest BCUT2D eigenvalue weighted by Gasteiger charge is 2.16. The summed E-state index contributed by atoms with van der Waals surface area (Å²) in [4.78, 5) is 31.5. The molecule has 0 atom stereocenters. The number of likely N-dealkylation sites (N-methyl/N-ethyl adjacent to an activating group) is 1. The van der Waals surface area contributed by atoms with Crippen LogP contribution >= 0.6 is 0 Å². The van der Waals surface area contributed by atoms with Crippen molar-refractivity contribution in [1.82, 2.24) is 19.8 Å². The number of methoxy groups -OCH3 is 1. The van der Waals surface area contributed by atoms with E-state index < -0.39 is 0 Å². The van der Waals surface area contributed by atoms with Crippen LogP contribution in [0.2, 0.25) is 0 Å². The molecule has 0 aliphatic heterocycles. The summed E-state index contributed by atoms with van der Waals surface area (Å²) in [6.45, 7) is 6.02. The second-order valence-electron chi connectivity index (χ2n) is 7.29. The van der Waals surface area contributed by atoms with E-state index in [0.29, 0.717) is 32.5 Å². The maximum absolute atomic E-state index is 12.7. The van der Waals surface area contributed by atoms with Crippen LogP contribution in [-0.2, 0) is 29.0 Å². The van der Waals surface area contributed by atoms with E-state index in [9.17, 15) is 9.59 Å². The van der Waals surface area contributed by atoms with Gasteiger partial charge in [0.15, 0.2) is 0 Å². The predicted octanol–water partition coefficient (Wildman–Crippen LogP) is 2.81. The van der Waals surface area contributed by atoms with E-state index in [1.54, 1.807) is 7.11 Å². The maximum Gasteiger partial charge on any atom is 0.242 e. The van der Waals surface area contributed by atoms with Gasteiger partial charge in [0.2, 0.25) is 11.8 Å². The Bertz CT molecular complexity index is 1020. The molecule has 0 unspecified atom stereocenters. The zero-order valence-electron chi connectivity index (χ0n) is 18.4. The van der Waals surface area contributed by atoms with Crippen LogP contribution in [0.25, 0.3) is 11.0 Å². The van der Waals surface area contributed by atoms with Crippen LogP contribution in [0.5, 0.6) is 5.75 Å². The van der Waals surface area contributed by atoms with Crippen LogP contribution in [0.4, 0.5) is 0 Å². The Morgan fingerprint density at radius 3 is 2.45 bits per heavy atom. The van der Waals surface area contributed by atoms with Crippen molar-refractivity contribution in [3.8, 4) is 5.75 Å². The molecule has 0 saturated carbocycles. The lowest BCUT2D eigenvalue weighted by molar-refractivity contribution is -0.131. The number of ether oxygens (including phenoxy) is 1. The molecular weight excluding hydrogens is 392 g/mol. The minimum Gasteiger partial charge on any atom is -0.497 e. The number of carbonyl (C=O) groups excluding carboxylic acids is 2. The first-order valence-corrected chi connectivity index (χ1v) is 10.7. The molecule has 1 N–H and O–H groups in total. The molecule has 2 amide bonds. The quantitative estimate of drug-likeness (QED) is 0.545. The van der Waals surface area contributed by atoms with Gasteiger partial charge in [-0.2, -0.15) is 0 Å². The molecule has 1 heterocycles. The molecule has 7 heteroatoms. The van der Waals surface area contributed by atoms with E-state index in [2.05, 4.69) is 5.32 Å². The number of hydrogen-bond acceptors (Lipinski definition) is 4. The molecule has 3 aromatic rings. The zero-order chi connectivity index (χ0) is 22.2. The van der Waals surface area contributed by atoms with Gasteiger partial charge in [-0.3, -0.25) is 9.59 Å². The topological polar surface area (TPSA) is 76.5 Å². The SMILES string of the molecule is CCN(CC)C(=O)Cn1c(CCNC(=O)Cc2ccc(OC)cc2)nc2ccccc21. The number of para-hydroxylation sites is 2. The molecule has 1 aromatic heterocycles. The summed E-state index contributed by atoms with van der Waals surface area (Å²) in [6, 6.07) is 15.3. The molecule has 7 nitrogen and oxygen atoms in total. The normalized spacial score (nSPS) is 10.8. The van der Waals surface area contributed by atoms with Gasteiger partial charge in [0.25, 0.3) is 0 Å². The number of rotatable bonds is 10. The van der Waals surface area contributed by atoms with Crippen molar-refractivity contribution in [3.63, 3.8) is 0 Å². The van der Waals surface area contributed by atoms with E-state index in [1.807, 2.05) is 71.8 Å². The number of hydrogen-bond donors (Lipinski definition) is 1. The summed E-state index contributed by atoms with van der Waals surface area (Å²) >= 11 is 0. The maximum atomic E-state index is 12.7. The average molecular weight is 423 g/mol. The van der Waals surface area contributed by atoms with Crippen LogP contribution in [-0.4, -0.2) is 53.0 Å². The smallest absolute Gasteiger partial charge is 0.242 e. The summed E-state index contributed by atoms with van der Waals surface area (Å²) in [7, 11) is 1.62. The second-order valence-corrected chi connectivity index (χ2v) is 7.29. The van der Waals surface area contributed by atoms with Gasteiger partial charge in [0.1, 0.15) is 18.1 Å². The fourth-order valence-corrected chi connectivity index (χ4v) is 3.61. The second kappa shape index (κ2) is 10.6. The molecule has 0 radical (unpaired) electrons. The number of aromatic nitrogens is 2. The molecule has 164 valence electrons. The Morgan fingerprint density at radius 1 is 1.06 bits per heavy atom. The number of nitrogens with zero attached hydrogens (tertiary/aromatic N) is 3. The number of fused-ring (bicyclic) bond motifs is 1. The highest BCUT2D eigenvalue weighted by molar-refractivity contribution is 5.81. The highest BCUT2D eigenvalue weighted by Crippen LogP contribution is 2.17. The molecule has 2 aromatic carbocycles. The first-order chi connectivity index (χ1) is 15.0. The standard InChI is InChI=1S/C24H30N4O3/c1-4-27(5-2)24(30)17-28-21-9-7-6-8-20(21)26-22(28)14-15-25-23(29)16-18-10-12-19(31-3)13-11-18/h6-13H,4-5,14-17H2,1-3H3,(H,25,29). The lowest BCUT2D eigenvalue weighted by Gasteiger charge is -2.20. The van der Waals surface area contributed by atoms with E-state index >= 15 is 0 Å². The first kappa shape index (κ1) is 22.3. The highest BCUT2D eigenvalue weighted by atomic mass is 16.5. The molecule has 0 bridgehead atoms. The van der Waals surface area contributed by atoms with Crippen LogP contribution in [0.15, 0.2) is 48.5 Å². The van der Waals surface area contributed by atoms with Gasteiger partial charge in [0, 0.05) is 26.1 Å². The molecule has 0 aliphatic carbocycles. The number of carbonyl (C=O) groups is 2. The van der Waals surface area contributed by atoms with Crippen molar-refractivity contribution in [1.29, 1.82) is 0 Å². The fraction of sp³-hybridized carbons (Fsp3) is 0.375. The van der Waals surface area contributed by atoms with Crippen molar-refractivity contribution in [2.75, 3.05) is 26.7 Å². The van der Waals surface area contributed by atoms with Crippen molar-refractivity contribution < 1.29 is 14.3 Å². The first-order valence-electron chi connectivity index (χ1n) is 10.7. The molecule has 3 rings (SSSR count). The molecular formula is C24H30N4O3. The largest absolute Gasteiger partial charge is 0.497 e. The Hall–Kier alpha value is -3.35. The minimum atomic E-state index is -0.0490. The monoisotopic (exact) mass is 422 g/mol. The Balaban J connectivity index is 1.65. The molecule has 0 saturated heterocycles. The number of nitrogens with one attached hydrogen (secondary N) is 1. The van der Waals surface area contributed by atoms with E-state index in [4.69, 9.17) is 9.72 Å². The fourth-order valence-electron chi connectivity index (χ4n) is 3.61. The summed E-state index contributed by atoms with van der Waals surface area (Å²) in [5, 5.41) is 2.96. The van der Waals surface area contributed by atoms with Gasteiger partial charge in [-0.15, -0.1) is 0 Å². The van der Waals surface area contributed by atoms with Crippen molar-refractivity contribution >= 4 is 22.8 Å². The van der Waals surface area contributed by atoms with Crippen molar-refractivity contribution in [2.45, 2.75) is 33.2 Å². The lowest BCUT2D eigenvalue weighted by Crippen LogP contribution is -2.34. The van der Waals surface area contributed by atoms with Gasteiger partial charge < -0.3 is 19.5 Å². The third kappa shape index (κ3) is 5.63. The summed E-state index contributed by atoms with van der Waals surface area (Å²) < 4.78 is 7.11. The van der Waals surface area contributed by atoms with E-state index in [-0.39, 0.29) is 18.4 Å². The minimum absolute atomic E-state index is 0.0490. The van der Waals surface area contributed by atoms with Gasteiger partial charge in [-0.1, -0.05) is 24.3 Å². The third-order valence-corrected chi connectivity index (χ3v) is 5.34. The zero-order valence-corrected chi connectivity index (χ0v) is 18.4. The van der Waals surface area contributed by atoms with Crippen LogP contribution < -0.4 is 10.1 Å². The van der Waals surface area contributed by atoms with Gasteiger partial charge in [-0.25, -0.2) is 4.98 Å². The van der Waals surface area contributed by atoms with Gasteiger partial charge in [-0.05, 0) is 43.7 Å². The van der Waals surface area contributed by atoms with Crippen molar-refractivity contribution in [3.05, 3.63) is 59.9 Å². The van der Waals surface area contributed by atoms with Crippen LogP contribution in [0.1, 0.15) is 25.2 Å². The Labute approximate surface area is 183 Å². The van der Waals surface area contributed by atoms with Crippen molar-refractivity contribution in [2.24, 2.45) is 0 Å². The van der Waals surface area contributed by atoms with E-state index in [0.717, 1.165) is 28.2 Å². The Morgan fingerprint density at radius 2 is 1.77 bits per heavy atom. The summed E-state index contributed by atoms with van der Waals surface area (Å²) in [6.07, 6.45) is 0.857. The lowest BCUT2D eigenvalue weighted by atomic mass is 10.1. The average Bonchev–Trinajstić information content (AvgIpc) is 3.12. The number of imidazole rings is 1. The van der Waals surface area contributed by atoms with Crippen LogP contribution in [0.3, 0.4) is 0 Å². The number of benzene rings is 2. The molecule has 31 heavy (non-hydrogen) atoms.